The molecule has 0 aliphatic carbocycles. The van der Waals surface area contributed by atoms with Crippen LogP contribution in [0.5, 0.6) is 0 Å². The van der Waals surface area contributed by atoms with E-state index in [-0.39, 0.29) is 12.2 Å². The van der Waals surface area contributed by atoms with Gasteiger partial charge in [0.15, 0.2) is 0 Å². The Balaban J connectivity index is 1.83. The molecule has 2 atom stereocenters. The normalized spacial score (nSPS) is 21.1. The minimum Gasteiger partial charge on any atom is -0.389 e. The quantitative estimate of drug-likeness (QED) is 0.838. The van der Waals surface area contributed by atoms with Gasteiger partial charge in [-0.15, -0.1) is 0 Å². The predicted molar refractivity (Wildman–Crippen MR) is 86.6 cm³/mol. The monoisotopic (exact) mass is 291 g/mol. The SMILES string of the molecule is Cc1ccc(CC2CCCN2CC(O)COC(C)C)cc1. The van der Waals surface area contributed by atoms with Gasteiger partial charge in [-0.2, -0.15) is 0 Å². The highest BCUT2D eigenvalue weighted by Gasteiger charge is 2.26. The Morgan fingerprint density at radius 1 is 1.29 bits per heavy atom. The van der Waals surface area contributed by atoms with Gasteiger partial charge in [-0.25, -0.2) is 0 Å². The predicted octanol–water partition coefficient (Wildman–Crippen LogP) is 2.79. The molecule has 2 unspecified atom stereocenters. The summed E-state index contributed by atoms with van der Waals surface area (Å²) in [5.74, 6) is 0. The lowest BCUT2D eigenvalue weighted by Gasteiger charge is -2.27. The van der Waals surface area contributed by atoms with E-state index in [1.54, 1.807) is 0 Å². The molecule has 1 fully saturated rings. The number of ether oxygens (including phenoxy) is 1. The van der Waals surface area contributed by atoms with Gasteiger partial charge in [0, 0.05) is 12.6 Å². The molecule has 1 saturated heterocycles. The van der Waals surface area contributed by atoms with Crippen LogP contribution in [0.1, 0.15) is 37.8 Å². The van der Waals surface area contributed by atoms with Crippen LogP contribution < -0.4 is 0 Å². The van der Waals surface area contributed by atoms with Crippen LogP contribution in [0, 0.1) is 6.92 Å². The number of likely N-dealkylation sites (tertiary alicyclic amines) is 1. The Kier molecular flexibility index (Phi) is 6.22. The molecule has 21 heavy (non-hydrogen) atoms. The van der Waals surface area contributed by atoms with Crippen molar-refractivity contribution in [3.63, 3.8) is 0 Å². The molecule has 1 aliphatic rings. The molecule has 0 aromatic heterocycles. The van der Waals surface area contributed by atoms with Crippen molar-refractivity contribution in [2.75, 3.05) is 19.7 Å². The number of aliphatic hydroxyl groups is 1. The van der Waals surface area contributed by atoms with Gasteiger partial charge in [0.25, 0.3) is 0 Å². The zero-order valence-corrected chi connectivity index (χ0v) is 13.6. The number of benzene rings is 1. The van der Waals surface area contributed by atoms with Crippen molar-refractivity contribution in [3.05, 3.63) is 35.4 Å². The first kappa shape index (κ1) is 16.5. The summed E-state index contributed by atoms with van der Waals surface area (Å²) in [6, 6.07) is 9.37. The molecule has 1 N–H and O–H groups in total. The molecule has 2 rings (SSSR count). The average Bonchev–Trinajstić information content (AvgIpc) is 2.86. The van der Waals surface area contributed by atoms with E-state index in [1.807, 2.05) is 13.8 Å². The van der Waals surface area contributed by atoms with Crippen molar-refractivity contribution in [2.45, 2.75) is 58.3 Å². The number of β-amino-alcohol motifs (C(OH)–C–C–N with tert-alkyl or cyclic N) is 1. The Morgan fingerprint density at radius 2 is 2.00 bits per heavy atom. The first-order valence-corrected chi connectivity index (χ1v) is 8.14. The first-order chi connectivity index (χ1) is 10.0. The maximum absolute atomic E-state index is 10.1. The van der Waals surface area contributed by atoms with Crippen LogP contribution in [0.3, 0.4) is 0 Å². The van der Waals surface area contributed by atoms with Gasteiger partial charge in [-0.05, 0) is 52.1 Å². The summed E-state index contributed by atoms with van der Waals surface area (Å²) >= 11 is 0. The highest BCUT2D eigenvalue weighted by Crippen LogP contribution is 2.21. The number of hydrogen-bond donors (Lipinski definition) is 1. The van der Waals surface area contributed by atoms with Crippen LogP contribution in [-0.4, -0.2) is 48.0 Å². The first-order valence-electron chi connectivity index (χ1n) is 8.14. The van der Waals surface area contributed by atoms with Crippen LogP contribution in [-0.2, 0) is 11.2 Å². The maximum Gasteiger partial charge on any atom is 0.0900 e. The summed E-state index contributed by atoms with van der Waals surface area (Å²) in [6.45, 7) is 8.38. The van der Waals surface area contributed by atoms with E-state index in [9.17, 15) is 5.11 Å². The number of rotatable bonds is 7. The topological polar surface area (TPSA) is 32.7 Å². The van der Waals surface area contributed by atoms with E-state index in [2.05, 4.69) is 36.1 Å². The molecule has 1 aromatic rings. The van der Waals surface area contributed by atoms with E-state index in [0.29, 0.717) is 12.6 Å². The molecule has 118 valence electrons. The third-order valence-electron chi connectivity index (χ3n) is 4.16. The average molecular weight is 291 g/mol. The molecule has 0 bridgehead atoms. The van der Waals surface area contributed by atoms with Crippen molar-refractivity contribution in [1.29, 1.82) is 0 Å². The third kappa shape index (κ3) is 5.42. The highest BCUT2D eigenvalue weighted by atomic mass is 16.5. The van der Waals surface area contributed by atoms with Gasteiger partial charge in [0.2, 0.25) is 0 Å². The Morgan fingerprint density at radius 3 is 2.67 bits per heavy atom. The van der Waals surface area contributed by atoms with Gasteiger partial charge in [0.05, 0.1) is 18.8 Å². The lowest BCUT2D eigenvalue weighted by molar-refractivity contribution is -0.00997. The molecule has 0 spiro atoms. The van der Waals surface area contributed by atoms with Crippen LogP contribution in [0.4, 0.5) is 0 Å². The second-order valence-electron chi connectivity index (χ2n) is 6.52. The van der Waals surface area contributed by atoms with Crippen LogP contribution >= 0.6 is 0 Å². The van der Waals surface area contributed by atoms with Gasteiger partial charge in [-0.3, -0.25) is 4.90 Å². The largest absolute Gasteiger partial charge is 0.389 e. The maximum atomic E-state index is 10.1. The summed E-state index contributed by atoms with van der Waals surface area (Å²) < 4.78 is 5.50. The van der Waals surface area contributed by atoms with Gasteiger partial charge in [-0.1, -0.05) is 29.8 Å². The third-order valence-corrected chi connectivity index (χ3v) is 4.16. The summed E-state index contributed by atoms with van der Waals surface area (Å²) in [4.78, 5) is 2.42. The van der Waals surface area contributed by atoms with Gasteiger partial charge in [0.1, 0.15) is 0 Å². The van der Waals surface area contributed by atoms with Crippen molar-refractivity contribution < 1.29 is 9.84 Å². The number of aliphatic hydroxyl groups excluding tert-OH is 1. The summed E-state index contributed by atoms with van der Waals surface area (Å²) in [6.07, 6.45) is 3.34. The lowest BCUT2D eigenvalue weighted by Crippen LogP contribution is -2.39. The molecule has 0 saturated carbocycles. The van der Waals surface area contributed by atoms with Crippen molar-refractivity contribution in [3.8, 4) is 0 Å². The van der Waals surface area contributed by atoms with Crippen LogP contribution in [0.2, 0.25) is 0 Å². The van der Waals surface area contributed by atoms with Crippen molar-refractivity contribution >= 4 is 0 Å². The zero-order valence-electron chi connectivity index (χ0n) is 13.6. The van der Waals surface area contributed by atoms with Crippen LogP contribution in [0.25, 0.3) is 0 Å². The smallest absolute Gasteiger partial charge is 0.0900 e. The Hall–Kier alpha value is -0.900. The molecule has 3 heteroatoms. The fraction of sp³-hybridized carbons (Fsp3) is 0.667. The van der Waals surface area contributed by atoms with Gasteiger partial charge < -0.3 is 9.84 Å². The van der Waals surface area contributed by atoms with Crippen molar-refractivity contribution in [1.82, 2.24) is 4.90 Å². The molecule has 1 aliphatic heterocycles. The van der Waals surface area contributed by atoms with Crippen LogP contribution in [0.15, 0.2) is 24.3 Å². The van der Waals surface area contributed by atoms with E-state index < -0.39 is 0 Å². The fourth-order valence-corrected chi connectivity index (χ4v) is 2.99. The minimum atomic E-state index is -0.383. The molecular weight excluding hydrogens is 262 g/mol. The molecule has 1 aromatic carbocycles. The lowest BCUT2D eigenvalue weighted by atomic mass is 10.0. The Labute approximate surface area is 128 Å². The minimum absolute atomic E-state index is 0.182. The van der Waals surface area contributed by atoms with E-state index in [1.165, 1.54) is 24.0 Å². The molecule has 0 radical (unpaired) electrons. The Bertz CT molecular complexity index is 416. The summed E-state index contributed by atoms with van der Waals surface area (Å²) in [5.41, 5.74) is 2.70. The molecule has 0 amide bonds. The van der Waals surface area contributed by atoms with E-state index in [0.717, 1.165) is 19.5 Å². The van der Waals surface area contributed by atoms with Crippen molar-refractivity contribution in [2.24, 2.45) is 0 Å². The second-order valence-corrected chi connectivity index (χ2v) is 6.52. The molecular formula is C18H29NO2. The number of nitrogens with zero attached hydrogens (tertiary/aromatic N) is 1. The summed E-state index contributed by atoms with van der Waals surface area (Å²) in [5, 5.41) is 10.1. The number of aryl methyl sites for hydroxylation is 1. The summed E-state index contributed by atoms with van der Waals surface area (Å²) in [7, 11) is 0. The molecule has 3 nitrogen and oxygen atoms in total. The molecule has 1 heterocycles. The zero-order chi connectivity index (χ0) is 15.2. The number of hydrogen-bond acceptors (Lipinski definition) is 3. The second kappa shape index (κ2) is 7.92. The van der Waals surface area contributed by atoms with E-state index >= 15 is 0 Å². The highest BCUT2D eigenvalue weighted by molar-refractivity contribution is 5.22. The van der Waals surface area contributed by atoms with E-state index in [4.69, 9.17) is 4.74 Å². The fourth-order valence-electron chi connectivity index (χ4n) is 2.99. The standard InChI is InChI=1S/C18H29NO2/c1-14(2)21-13-18(20)12-19-10-4-5-17(19)11-16-8-6-15(3)7-9-16/h6-9,14,17-18,20H,4-5,10-13H2,1-3H3. The van der Waals surface area contributed by atoms with Gasteiger partial charge >= 0.3 is 0 Å².